The molecule has 1 atom stereocenters. The Labute approximate surface area is 373 Å². The molecule has 0 bridgehead atoms. The van der Waals surface area contributed by atoms with Crippen LogP contribution in [0.25, 0.3) is 0 Å². The lowest BCUT2D eigenvalue weighted by molar-refractivity contribution is -0.671. The van der Waals surface area contributed by atoms with Crippen LogP contribution in [0.1, 0.15) is 322 Å². The quantitative estimate of drug-likeness (QED) is 0.0457. The first kappa shape index (κ1) is 57.5. The molecule has 0 amide bonds. The third kappa shape index (κ3) is 39.6. The van der Waals surface area contributed by atoms with Gasteiger partial charge in [0, 0.05) is 0 Å². The van der Waals surface area contributed by atoms with Gasteiger partial charge >= 0.3 is 0 Å². The van der Waals surface area contributed by atoms with Gasteiger partial charge in [-0.2, -0.15) is 0 Å². The molecular formula is C55H109ClN2. The van der Waals surface area contributed by atoms with Crippen LogP contribution in [0.3, 0.4) is 0 Å². The highest BCUT2D eigenvalue weighted by Gasteiger charge is 2.18. The average Bonchev–Trinajstić information content (AvgIpc) is 3.66. The first-order valence-corrected chi connectivity index (χ1v) is 27.2. The topological polar surface area (TPSA) is 8.81 Å². The fraction of sp³-hybridized carbons (Fsp3) is 0.945. The van der Waals surface area contributed by atoms with Crippen molar-refractivity contribution in [2.75, 3.05) is 0 Å². The van der Waals surface area contributed by atoms with Crippen molar-refractivity contribution in [3.8, 4) is 0 Å². The van der Waals surface area contributed by atoms with Gasteiger partial charge in [0.2, 0.25) is 6.33 Å². The van der Waals surface area contributed by atoms with Crippen LogP contribution >= 0.6 is 0 Å². The highest BCUT2D eigenvalue weighted by atomic mass is 35.5. The number of halogens is 1. The third-order valence-electron chi connectivity index (χ3n) is 13.7. The van der Waals surface area contributed by atoms with Crippen molar-refractivity contribution in [2.24, 2.45) is 13.0 Å². The zero-order chi connectivity index (χ0) is 41.0. The van der Waals surface area contributed by atoms with Crippen molar-refractivity contribution in [1.82, 2.24) is 4.57 Å². The number of aryl methyl sites for hydroxylation is 1. The Bertz CT molecular complexity index is 853. The largest absolute Gasteiger partial charge is 1.00 e. The van der Waals surface area contributed by atoms with Gasteiger partial charge in [0.25, 0.3) is 0 Å². The van der Waals surface area contributed by atoms with Crippen LogP contribution in [0, 0.1) is 5.92 Å². The molecule has 0 spiro atoms. The van der Waals surface area contributed by atoms with E-state index in [4.69, 9.17) is 0 Å². The average molecular weight is 834 g/mol. The van der Waals surface area contributed by atoms with E-state index in [1.165, 1.54) is 295 Å². The molecule has 0 N–H and O–H groups in total. The minimum atomic E-state index is 0. The molecule has 1 aromatic rings. The SMILES string of the molecule is CCCCCCCCCCCCCCCCCCC(CCCC(CCCCCCCCCCCCCC)CCCCCCCCCCCCCC)n1cc[n+](C)c1.[Cl-]. The van der Waals surface area contributed by atoms with Gasteiger partial charge in [-0.3, -0.25) is 0 Å². The number of hydrogen-bond acceptors (Lipinski definition) is 0. The summed E-state index contributed by atoms with van der Waals surface area (Å²) in [6.45, 7) is 6.97. The lowest BCUT2D eigenvalue weighted by atomic mass is 9.88. The Morgan fingerprint density at radius 2 is 0.569 bits per heavy atom. The summed E-state index contributed by atoms with van der Waals surface area (Å²) >= 11 is 0. The molecule has 58 heavy (non-hydrogen) atoms. The molecule has 0 aliphatic heterocycles. The molecule has 0 saturated carbocycles. The molecule has 2 nitrogen and oxygen atoms in total. The van der Waals surface area contributed by atoms with Gasteiger partial charge in [0.05, 0.1) is 7.05 Å². The second kappa shape index (κ2) is 47.5. The van der Waals surface area contributed by atoms with Crippen molar-refractivity contribution in [1.29, 1.82) is 0 Å². The third-order valence-corrected chi connectivity index (χ3v) is 13.7. The molecule has 0 aromatic carbocycles. The monoisotopic (exact) mass is 833 g/mol. The van der Waals surface area contributed by atoms with E-state index >= 15 is 0 Å². The summed E-state index contributed by atoms with van der Waals surface area (Å²) in [5, 5.41) is 0. The van der Waals surface area contributed by atoms with Crippen LogP contribution in [0.15, 0.2) is 18.7 Å². The maximum Gasteiger partial charge on any atom is 0.243 e. The lowest BCUT2D eigenvalue weighted by Crippen LogP contribution is -3.00. The number of hydrogen-bond donors (Lipinski definition) is 0. The Hall–Kier alpha value is -0.500. The van der Waals surface area contributed by atoms with Crippen LogP contribution in [-0.2, 0) is 7.05 Å². The molecule has 3 heteroatoms. The van der Waals surface area contributed by atoms with Gasteiger partial charge in [-0.1, -0.05) is 290 Å². The van der Waals surface area contributed by atoms with E-state index in [0.29, 0.717) is 6.04 Å². The molecule has 346 valence electrons. The molecule has 1 heterocycles. The second-order valence-electron chi connectivity index (χ2n) is 19.4. The minimum Gasteiger partial charge on any atom is -1.00 e. The van der Waals surface area contributed by atoms with Gasteiger partial charge in [-0.05, 0) is 31.6 Å². The first-order valence-electron chi connectivity index (χ1n) is 27.2. The summed E-state index contributed by atoms with van der Waals surface area (Å²) in [5.41, 5.74) is 0. The predicted molar refractivity (Wildman–Crippen MR) is 258 cm³/mol. The van der Waals surface area contributed by atoms with E-state index in [-0.39, 0.29) is 12.4 Å². The normalized spacial score (nSPS) is 12.2. The van der Waals surface area contributed by atoms with E-state index in [2.05, 4.69) is 55.7 Å². The Morgan fingerprint density at radius 3 is 0.845 bits per heavy atom. The summed E-state index contributed by atoms with van der Waals surface area (Å²) in [7, 11) is 2.20. The molecule has 0 saturated heterocycles. The highest BCUT2D eigenvalue weighted by Crippen LogP contribution is 2.28. The molecule has 0 radical (unpaired) electrons. The van der Waals surface area contributed by atoms with Crippen LogP contribution in [0.5, 0.6) is 0 Å². The molecule has 1 unspecified atom stereocenters. The molecule has 0 aliphatic carbocycles. The number of aromatic nitrogens is 2. The number of nitrogens with zero attached hydrogens (tertiary/aromatic N) is 2. The zero-order valence-corrected chi connectivity index (χ0v) is 41.4. The Balaban J connectivity index is 0.0000325. The second-order valence-corrected chi connectivity index (χ2v) is 19.4. The number of rotatable bonds is 48. The van der Waals surface area contributed by atoms with E-state index in [0.717, 1.165) is 5.92 Å². The molecule has 0 fully saturated rings. The van der Waals surface area contributed by atoms with Crippen LogP contribution < -0.4 is 17.0 Å². The van der Waals surface area contributed by atoms with Gasteiger partial charge in [0.1, 0.15) is 18.4 Å². The van der Waals surface area contributed by atoms with Crippen LogP contribution in [0.4, 0.5) is 0 Å². The maximum atomic E-state index is 2.57. The zero-order valence-electron chi connectivity index (χ0n) is 40.7. The fourth-order valence-electron chi connectivity index (χ4n) is 9.68. The van der Waals surface area contributed by atoms with E-state index in [9.17, 15) is 0 Å². The smallest absolute Gasteiger partial charge is 0.243 e. The first-order chi connectivity index (χ1) is 28.2. The predicted octanol–water partition coefficient (Wildman–Crippen LogP) is 16.5. The van der Waals surface area contributed by atoms with Crippen LogP contribution in [0.2, 0.25) is 0 Å². The van der Waals surface area contributed by atoms with Crippen molar-refractivity contribution in [3.63, 3.8) is 0 Å². The summed E-state index contributed by atoms with van der Waals surface area (Å²) in [4.78, 5) is 0. The number of imidazole rings is 1. The van der Waals surface area contributed by atoms with Crippen molar-refractivity contribution >= 4 is 0 Å². The van der Waals surface area contributed by atoms with Crippen molar-refractivity contribution in [3.05, 3.63) is 18.7 Å². The lowest BCUT2D eigenvalue weighted by Gasteiger charge is -2.19. The summed E-state index contributed by atoms with van der Waals surface area (Å²) in [6.07, 6.45) is 74.0. The number of unbranched alkanes of at least 4 members (excludes halogenated alkanes) is 37. The molecule has 0 aliphatic rings. The van der Waals surface area contributed by atoms with E-state index in [1.807, 2.05) is 0 Å². The Kier molecular flexibility index (Phi) is 47.1. The van der Waals surface area contributed by atoms with Crippen molar-refractivity contribution in [2.45, 2.75) is 322 Å². The van der Waals surface area contributed by atoms with E-state index in [1.54, 1.807) is 0 Å². The van der Waals surface area contributed by atoms with Crippen molar-refractivity contribution < 1.29 is 17.0 Å². The van der Waals surface area contributed by atoms with Gasteiger partial charge in [-0.25, -0.2) is 9.13 Å². The Morgan fingerprint density at radius 1 is 0.328 bits per heavy atom. The molecular weight excluding hydrogens is 724 g/mol. The minimum absolute atomic E-state index is 0. The fourth-order valence-corrected chi connectivity index (χ4v) is 9.68. The van der Waals surface area contributed by atoms with E-state index < -0.39 is 0 Å². The molecule has 1 rings (SSSR count). The molecule has 1 aromatic heterocycles. The van der Waals surface area contributed by atoms with Gasteiger partial charge in [0.15, 0.2) is 0 Å². The summed E-state index contributed by atoms with van der Waals surface area (Å²) in [5.74, 6) is 0.966. The maximum absolute atomic E-state index is 2.57. The van der Waals surface area contributed by atoms with Crippen LogP contribution in [-0.4, -0.2) is 4.57 Å². The highest BCUT2D eigenvalue weighted by molar-refractivity contribution is 4.76. The van der Waals surface area contributed by atoms with Gasteiger partial charge in [-0.15, -0.1) is 0 Å². The summed E-state index contributed by atoms with van der Waals surface area (Å²) in [6, 6.07) is 0.691. The summed E-state index contributed by atoms with van der Waals surface area (Å²) < 4.78 is 4.82. The van der Waals surface area contributed by atoms with Gasteiger partial charge < -0.3 is 12.4 Å². The standard InChI is InChI=1S/C55H109N2.ClH/c1-5-8-11-14-17-20-23-26-27-28-29-32-35-38-41-44-49-55(57-52-51-56(4)53-57)50-45-48-54(46-42-39-36-33-30-24-21-18-15-12-9-6-2)47-43-40-37-34-31-25-22-19-16-13-10-7-3;/h51-55H,5-50H2,1-4H3;1H/q+1;/p-1.